The fraction of sp³-hybridized carbons (Fsp3) is 0.556. The minimum Gasteiger partial charge on any atom is -1.00 e. The largest absolute Gasteiger partial charge is 2.00 e. The van der Waals surface area contributed by atoms with E-state index in [1.165, 1.54) is 128 Å². The molecule has 0 aliphatic heterocycles. The maximum absolute atomic E-state index is 3.38. The number of benzene rings is 2. The predicted octanol–water partition coefficient (Wildman–Crippen LogP) is 8.36. The smallest absolute Gasteiger partial charge is 1.00 e. The Labute approximate surface area is 325 Å². The fourth-order valence-corrected chi connectivity index (χ4v) is 9.64. The van der Waals surface area contributed by atoms with Gasteiger partial charge in [0.25, 0.3) is 0 Å². The molecule has 0 amide bonds. The monoisotopic (exact) mass is 760 g/mol. The van der Waals surface area contributed by atoms with E-state index in [4.69, 9.17) is 0 Å². The van der Waals surface area contributed by atoms with Crippen LogP contribution in [0.4, 0.5) is 0 Å². The van der Waals surface area contributed by atoms with Gasteiger partial charge in [0.1, 0.15) is 0 Å². The molecule has 4 aromatic rings. The Hall–Kier alpha value is -0.877. The van der Waals surface area contributed by atoms with E-state index in [2.05, 4.69) is 74.5 Å². The summed E-state index contributed by atoms with van der Waals surface area (Å²) in [4.78, 5) is 0. The molecule has 0 bridgehead atoms. The Morgan fingerprint density at radius 2 is 0.667 bits per heavy atom. The summed E-state index contributed by atoms with van der Waals surface area (Å²) in [6.07, 6.45) is 29.2. The Balaban J connectivity index is 0.000000228. The number of hydrogen-bond donors (Lipinski definition) is 0. The van der Waals surface area contributed by atoms with E-state index in [0.29, 0.717) is 0 Å². The van der Waals surface area contributed by atoms with Crippen molar-refractivity contribution in [3.05, 3.63) is 96.8 Å². The minimum atomic E-state index is 0. The van der Waals surface area contributed by atoms with Crippen LogP contribution in [0.3, 0.4) is 0 Å². The van der Waals surface area contributed by atoms with Gasteiger partial charge < -0.3 is 45.1 Å². The summed E-state index contributed by atoms with van der Waals surface area (Å²) in [5.41, 5.74) is 6.59. The first-order valence-corrected chi connectivity index (χ1v) is 19.2. The van der Waals surface area contributed by atoms with Crippen LogP contribution in [0.5, 0.6) is 0 Å². The van der Waals surface area contributed by atoms with E-state index in [0.717, 1.165) is 30.1 Å². The molecular formula is C45H60Cl2Zr-4. The van der Waals surface area contributed by atoms with Gasteiger partial charge in [-0.25, -0.2) is 0 Å². The number of halogens is 2. The van der Waals surface area contributed by atoms with Crippen LogP contribution < -0.4 is 24.8 Å². The van der Waals surface area contributed by atoms with E-state index < -0.39 is 0 Å². The standard InChI is InChI=1S/2C21H27.C3H6.2ClH.Zr/c2*1-3-8-16(9-4-1)18-14-15-19(17-10-5-2-6-11-17)21-13-7-12-20(18)21;1-3-2;;;/h2*7,12-17H,1-6,8-11H2;1-3H2;2*1H;/q2*-1;-2;;;+2/p-2. The molecule has 0 radical (unpaired) electrons. The molecule has 4 fully saturated rings. The van der Waals surface area contributed by atoms with Crippen LogP contribution in [0, 0.1) is 13.8 Å². The molecule has 4 aliphatic rings. The van der Waals surface area contributed by atoms with Crippen molar-refractivity contribution in [1.29, 1.82) is 0 Å². The topological polar surface area (TPSA) is 0 Å². The van der Waals surface area contributed by atoms with Crippen LogP contribution in [0.2, 0.25) is 0 Å². The number of hydrogen-bond acceptors (Lipinski definition) is 0. The molecule has 8 rings (SSSR count). The first-order chi connectivity index (χ1) is 22.3. The summed E-state index contributed by atoms with van der Waals surface area (Å²) >= 11 is 0. The Morgan fingerprint density at radius 3 is 0.958 bits per heavy atom. The molecule has 4 saturated carbocycles. The molecule has 3 heteroatoms. The molecule has 0 aromatic heterocycles. The maximum Gasteiger partial charge on any atom is 2.00 e. The van der Waals surface area contributed by atoms with Crippen molar-refractivity contribution < 1.29 is 51.0 Å². The van der Waals surface area contributed by atoms with Crippen LogP contribution >= 0.6 is 0 Å². The second-order valence-electron chi connectivity index (χ2n) is 14.9. The van der Waals surface area contributed by atoms with Gasteiger partial charge in [0.15, 0.2) is 0 Å². The minimum absolute atomic E-state index is 0. The van der Waals surface area contributed by atoms with E-state index in [9.17, 15) is 0 Å². The second-order valence-corrected chi connectivity index (χ2v) is 14.9. The zero-order valence-electron chi connectivity index (χ0n) is 29.6. The van der Waals surface area contributed by atoms with Gasteiger partial charge >= 0.3 is 26.2 Å². The molecule has 4 aliphatic carbocycles. The van der Waals surface area contributed by atoms with Crippen molar-refractivity contribution >= 4 is 21.5 Å². The third-order valence-corrected chi connectivity index (χ3v) is 11.9. The SMILES string of the molecule is [CH2-]C[CH2-].[Cl-].[Cl-].[Zr+2].c1cc2c(C3CCCCC3)ccc(C3CCCCC3)c2[cH-]1.c1cc2c(C3CCCCC3)ccc(C3CCCCC3)c2[cH-]1. The summed E-state index contributed by atoms with van der Waals surface area (Å²) in [7, 11) is 0. The molecule has 48 heavy (non-hydrogen) atoms. The summed E-state index contributed by atoms with van der Waals surface area (Å²) in [5, 5.41) is 6.30. The van der Waals surface area contributed by atoms with E-state index in [1.54, 1.807) is 43.8 Å². The van der Waals surface area contributed by atoms with Crippen molar-refractivity contribution in [2.45, 2.75) is 159 Å². The molecule has 0 N–H and O–H groups in total. The zero-order valence-corrected chi connectivity index (χ0v) is 33.6. The molecular weight excluding hydrogens is 703 g/mol. The molecule has 0 unspecified atom stereocenters. The van der Waals surface area contributed by atoms with E-state index >= 15 is 0 Å². The molecule has 0 spiro atoms. The first-order valence-electron chi connectivity index (χ1n) is 19.2. The van der Waals surface area contributed by atoms with Crippen LogP contribution in [0.25, 0.3) is 21.5 Å². The van der Waals surface area contributed by atoms with Crippen molar-refractivity contribution in [2.24, 2.45) is 0 Å². The first kappa shape index (κ1) is 41.5. The third kappa shape index (κ3) is 10.1. The van der Waals surface area contributed by atoms with Gasteiger partial charge in [-0.1, -0.05) is 126 Å². The van der Waals surface area contributed by atoms with Crippen LogP contribution in [-0.4, -0.2) is 0 Å². The predicted molar refractivity (Wildman–Crippen MR) is 198 cm³/mol. The summed E-state index contributed by atoms with van der Waals surface area (Å²) in [6.45, 7) is 6.75. The Kier molecular flexibility index (Phi) is 18.6. The van der Waals surface area contributed by atoms with Gasteiger partial charge in [0, 0.05) is 0 Å². The van der Waals surface area contributed by atoms with Crippen LogP contribution in [0.1, 0.15) is 181 Å². The fourth-order valence-electron chi connectivity index (χ4n) is 9.64. The van der Waals surface area contributed by atoms with E-state index in [-0.39, 0.29) is 51.0 Å². The van der Waals surface area contributed by atoms with Gasteiger partial charge in [0.2, 0.25) is 0 Å². The zero-order chi connectivity index (χ0) is 30.8. The van der Waals surface area contributed by atoms with Gasteiger partial charge in [-0.05, 0) is 49.4 Å². The summed E-state index contributed by atoms with van der Waals surface area (Å²) < 4.78 is 0. The van der Waals surface area contributed by atoms with Crippen LogP contribution in [-0.2, 0) is 26.2 Å². The molecule has 0 heterocycles. The van der Waals surface area contributed by atoms with Crippen molar-refractivity contribution in [1.82, 2.24) is 0 Å². The second kappa shape index (κ2) is 21.5. The van der Waals surface area contributed by atoms with Crippen molar-refractivity contribution in [3.8, 4) is 0 Å². The molecule has 0 saturated heterocycles. The molecule has 262 valence electrons. The quantitative estimate of drug-likeness (QED) is 0.184. The van der Waals surface area contributed by atoms with Crippen molar-refractivity contribution in [2.75, 3.05) is 0 Å². The summed E-state index contributed by atoms with van der Waals surface area (Å²) in [6, 6.07) is 24.0. The van der Waals surface area contributed by atoms with E-state index in [1.807, 2.05) is 0 Å². The number of rotatable bonds is 4. The van der Waals surface area contributed by atoms with Gasteiger partial charge in [0.05, 0.1) is 0 Å². The molecule has 0 atom stereocenters. The summed E-state index contributed by atoms with van der Waals surface area (Å²) in [5.74, 6) is 3.29. The average molecular weight is 763 g/mol. The van der Waals surface area contributed by atoms with Gasteiger partial charge in [-0.3, -0.25) is 0 Å². The average Bonchev–Trinajstić information content (AvgIpc) is 3.81. The van der Waals surface area contributed by atoms with Gasteiger partial charge in [-0.2, -0.15) is 24.3 Å². The normalized spacial score (nSPS) is 19.5. The Bertz CT molecular complexity index is 1220. The third-order valence-electron chi connectivity index (χ3n) is 11.9. The molecule has 0 nitrogen and oxygen atoms in total. The van der Waals surface area contributed by atoms with Crippen molar-refractivity contribution in [3.63, 3.8) is 0 Å². The van der Waals surface area contributed by atoms with Crippen LogP contribution in [0.15, 0.2) is 60.7 Å². The molecule has 4 aromatic carbocycles. The maximum atomic E-state index is 3.38. The Morgan fingerprint density at radius 1 is 0.417 bits per heavy atom. The number of fused-ring (bicyclic) bond motifs is 2. The van der Waals surface area contributed by atoms with Gasteiger partial charge in [-0.15, -0.1) is 56.9 Å².